The van der Waals surface area contributed by atoms with Crippen molar-refractivity contribution in [2.45, 2.75) is 38.8 Å². The zero-order chi connectivity index (χ0) is 14.8. The minimum atomic E-state index is 0.0322. The fraction of sp³-hybridized carbons (Fsp3) is 0.471. The van der Waals surface area contributed by atoms with Gasteiger partial charge in [0.2, 0.25) is 5.91 Å². The first-order valence-corrected chi connectivity index (χ1v) is 7.64. The van der Waals surface area contributed by atoms with Crippen LogP contribution in [0.3, 0.4) is 0 Å². The maximum atomic E-state index is 12.3. The third kappa shape index (κ3) is 3.10. The molecule has 1 aromatic heterocycles. The highest BCUT2D eigenvalue weighted by Crippen LogP contribution is 2.33. The number of aryl methyl sites for hydroxylation is 1. The van der Waals surface area contributed by atoms with E-state index in [4.69, 9.17) is 5.11 Å². The molecule has 0 saturated heterocycles. The van der Waals surface area contributed by atoms with E-state index < -0.39 is 0 Å². The molecule has 0 bridgehead atoms. The summed E-state index contributed by atoms with van der Waals surface area (Å²) in [5.41, 5.74) is 2.19. The zero-order valence-electron chi connectivity index (χ0n) is 12.4. The summed E-state index contributed by atoms with van der Waals surface area (Å²) in [6.07, 6.45) is 2.98. The maximum absolute atomic E-state index is 12.3. The van der Waals surface area contributed by atoms with Crippen LogP contribution in [0.1, 0.15) is 25.0 Å². The molecule has 1 unspecified atom stereocenters. The molecule has 2 aromatic rings. The molecule has 1 aliphatic rings. The first-order chi connectivity index (χ1) is 10.2. The number of nitrogens with one attached hydrogen (secondary N) is 1. The van der Waals surface area contributed by atoms with Crippen LogP contribution in [-0.4, -0.2) is 28.2 Å². The second-order valence-electron chi connectivity index (χ2n) is 5.95. The predicted molar refractivity (Wildman–Crippen MR) is 83.0 cm³/mol. The lowest BCUT2D eigenvalue weighted by atomic mass is 10.1. The Morgan fingerprint density at radius 3 is 2.90 bits per heavy atom. The van der Waals surface area contributed by atoms with E-state index in [0.29, 0.717) is 18.9 Å². The molecule has 1 aliphatic carbocycles. The van der Waals surface area contributed by atoms with Crippen molar-refractivity contribution in [1.29, 1.82) is 0 Å². The average Bonchev–Trinajstić information content (AvgIpc) is 3.25. The fourth-order valence-electron chi connectivity index (χ4n) is 3.02. The lowest BCUT2D eigenvalue weighted by Crippen LogP contribution is -2.39. The number of nitrogens with zero attached hydrogens (tertiary/aromatic N) is 1. The molecule has 3 rings (SSSR count). The van der Waals surface area contributed by atoms with Gasteiger partial charge in [-0.3, -0.25) is 4.79 Å². The molecule has 112 valence electrons. The number of hydrogen-bond donors (Lipinski definition) is 2. The van der Waals surface area contributed by atoms with E-state index >= 15 is 0 Å². The number of rotatable bonds is 6. The normalized spacial score (nSPS) is 16.1. The third-order valence-electron chi connectivity index (χ3n) is 4.30. The van der Waals surface area contributed by atoms with Gasteiger partial charge in [-0.05, 0) is 49.6 Å². The average molecular weight is 286 g/mol. The van der Waals surface area contributed by atoms with Crippen molar-refractivity contribution in [3.8, 4) is 0 Å². The minimum absolute atomic E-state index is 0.0322. The number of benzene rings is 1. The summed E-state index contributed by atoms with van der Waals surface area (Å²) >= 11 is 0. The Labute approximate surface area is 124 Å². The fourth-order valence-corrected chi connectivity index (χ4v) is 3.02. The van der Waals surface area contributed by atoms with Gasteiger partial charge in [-0.2, -0.15) is 0 Å². The largest absolute Gasteiger partial charge is 0.396 e. The van der Waals surface area contributed by atoms with Crippen LogP contribution in [0.5, 0.6) is 0 Å². The molecule has 1 aromatic carbocycles. The Morgan fingerprint density at radius 2 is 2.19 bits per heavy atom. The van der Waals surface area contributed by atoms with E-state index in [1.807, 2.05) is 29.7 Å². The highest BCUT2D eigenvalue weighted by atomic mass is 16.3. The van der Waals surface area contributed by atoms with E-state index in [2.05, 4.69) is 17.4 Å². The van der Waals surface area contributed by atoms with Crippen molar-refractivity contribution in [3.05, 3.63) is 36.0 Å². The number of hydrogen-bond acceptors (Lipinski definition) is 2. The van der Waals surface area contributed by atoms with Gasteiger partial charge in [-0.25, -0.2) is 0 Å². The van der Waals surface area contributed by atoms with Crippen LogP contribution in [0, 0.1) is 12.8 Å². The van der Waals surface area contributed by atoms with Gasteiger partial charge in [0.15, 0.2) is 0 Å². The van der Waals surface area contributed by atoms with E-state index in [-0.39, 0.29) is 18.6 Å². The summed E-state index contributed by atoms with van der Waals surface area (Å²) in [4.78, 5) is 12.3. The summed E-state index contributed by atoms with van der Waals surface area (Å²) < 4.78 is 2.05. The van der Waals surface area contributed by atoms with Crippen LogP contribution in [-0.2, 0) is 11.3 Å². The second kappa shape index (κ2) is 5.90. The Kier molecular flexibility index (Phi) is 3.97. The van der Waals surface area contributed by atoms with Crippen LogP contribution in [0.15, 0.2) is 30.3 Å². The number of aromatic nitrogens is 1. The molecular weight excluding hydrogens is 264 g/mol. The summed E-state index contributed by atoms with van der Waals surface area (Å²) in [7, 11) is 0. The van der Waals surface area contributed by atoms with E-state index in [0.717, 1.165) is 29.4 Å². The van der Waals surface area contributed by atoms with Crippen LogP contribution < -0.4 is 5.32 Å². The summed E-state index contributed by atoms with van der Waals surface area (Å²) in [6.45, 7) is 2.50. The van der Waals surface area contributed by atoms with Crippen LogP contribution in [0.25, 0.3) is 10.9 Å². The maximum Gasteiger partial charge on any atom is 0.240 e. The Morgan fingerprint density at radius 1 is 1.43 bits per heavy atom. The quantitative estimate of drug-likeness (QED) is 0.855. The molecule has 1 fully saturated rings. The summed E-state index contributed by atoms with van der Waals surface area (Å²) in [6, 6.07) is 10.3. The van der Waals surface area contributed by atoms with Gasteiger partial charge < -0.3 is 15.0 Å². The van der Waals surface area contributed by atoms with Crippen molar-refractivity contribution in [2.75, 3.05) is 6.61 Å². The molecular formula is C17H22N2O2. The minimum Gasteiger partial charge on any atom is -0.396 e. The molecule has 1 atom stereocenters. The third-order valence-corrected chi connectivity index (χ3v) is 4.30. The molecule has 4 heteroatoms. The molecule has 1 amide bonds. The van der Waals surface area contributed by atoms with Crippen LogP contribution >= 0.6 is 0 Å². The van der Waals surface area contributed by atoms with Gasteiger partial charge in [0.05, 0.1) is 0 Å². The van der Waals surface area contributed by atoms with Gasteiger partial charge in [0.1, 0.15) is 6.54 Å². The number of fused-ring (bicyclic) bond motifs is 1. The first-order valence-electron chi connectivity index (χ1n) is 7.64. The standard InChI is InChI=1S/C17H22N2O2/c1-12-10-14-4-2-3-5-16(14)19(12)11-17(21)18-15(8-9-20)13-6-7-13/h2-5,10,13,15,20H,6-9,11H2,1H3,(H,18,21). The van der Waals surface area contributed by atoms with Crippen molar-refractivity contribution in [3.63, 3.8) is 0 Å². The van der Waals surface area contributed by atoms with Gasteiger partial charge in [0.25, 0.3) is 0 Å². The van der Waals surface area contributed by atoms with Crippen molar-refractivity contribution in [2.24, 2.45) is 5.92 Å². The lowest BCUT2D eigenvalue weighted by molar-refractivity contribution is -0.122. The molecule has 0 aliphatic heterocycles. The summed E-state index contributed by atoms with van der Waals surface area (Å²) in [5, 5.41) is 13.4. The SMILES string of the molecule is Cc1cc2ccccc2n1CC(=O)NC(CCO)C1CC1. The molecule has 1 heterocycles. The molecule has 1 saturated carbocycles. The van der Waals surface area contributed by atoms with E-state index in [1.54, 1.807) is 0 Å². The highest BCUT2D eigenvalue weighted by Gasteiger charge is 2.31. The summed E-state index contributed by atoms with van der Waals surface area (Å²) in [5.74, 6) is 0.591. The smallest absolute Gasteiger partial charge is 0.240 e. The van der Waals surface area contributed by atoms with Gasteiger partial charge >= 0.3 is 0 Å². The number of carbonyl (C=O) groups excluding carboxylic acids is 1. The van der Waals surface area contributed by atoms with E-state index in [9.17, 15) is 4.79 Å². The predicted octanol–water partition coefficient (Wildman–Crippen LogP) is 2.23. The van der Waals surface area contributed by atoms with E-state index in [1.165, 1.54) is 0 Å². The Balaban J connectivity index is 1.72. The van der Waals surface area contributed by atoms with Crippen LogP contribution in [0.2, 0.25) is 0 Å². The molecule has 21 heavy (non-hydrogen) atoms. The first kappa shape index (κ1) is 14.1. The molecule has 0 spiro atoms. The monoisotopic (exact) mass is 286 g/mol. The topological polar surface area (TPSA) is 54.3 Å². The number of aliphatic hydroxyl groups is 1. The lowest BCUT2D eigenvalue weighted by Gasteiger charge is -2.18. The molecule has 0 radical (unpaired) electrons. The molecule has 2 N–H and O–H groups in total. The van der Waals surface area contributed by atoms with Crippen molar-refractivity contribution < 1.29 is 9.90 Å². The second-order valence-corrected chi connectivity index (χ2v) is 5.95. The number of amides is 1. The Bertz CT molecular complexity index is 643. The Hall–Kier alpha value is -1.81. The van der Waals surface area contributed by atoms with Gasteiger partial charge in [-0.1, -0.05) is 18.2 Å². The number of carbonyl (C=O) groups is 1. The van der Waals surface area contributed by atoms with Crippen LogP contribution in [0.4, 0.5) is 0 Å². The number of para-hydroxylation sites is 1. The molecule has 4 nitrogen and oxygen atoms in total. The van der Waals surface area contributed by atoms with Crippen molar-refractivity contribution >= 4 is 16.8 Å². The number of aliphatic hydroxyl groups excluding tert-OH is 1. The van der Waals surface area contributed by atoms with Gasteiger partial charge in [0, 0.05) is 23.9 Å². The van der Waals surface area contributed by atoms with Gasteiger partial charge in [-0.15, -0.1) is 0 Å². The zero-order valence-corrected chi connectivity index (χ0v) is 12.4. The van der Waals surface area contributed by atoms with Crippen molar-refractivity contribution in [1.82, 2.24) is 9.88 Å². The highest BCUT2D eigenvalue weighted by molar-refractivity contribution is 5.84.